The molecule has 1 fully saturated rings. The number of hydrogen-bond donors (Lipinski definition) is 1. The van der Waals surface area contributed by atoms with E-state index in [0.717, 1.165) is 31.6 Å². The van der Waals surface area contributed by atoms with Crippen molar-refractivity contribution < 1.29 is 14.2 Å². The van der Waals surface area contributed by atoms with E-state index in [2.05, 4.69) is 16.7 Å². The number of hydrogen-bond acceptors (Lipinski definition) is 3. The molecule has 0 amide bonds. The van der Waals surface area contributed by atoms with Crippen molar-refractivity contribution in [3.8, 4) is 11.8 Å². The Morgan fingerprint density at radius 1 is 1.53 bits per heavy atom. The maximum absolute atomic E-state index is 13.2. The fourth-order valence-corrected chi connectivity index (χ4v) is 2.31. The third kappa shape index (κ3) is 3.77. The van der Waals surface area contributed by atoms with Gasteiger partial charge in [-0.05, 0) is 24.1 Å². The fraction of sp³-hybridized carbons (Fsp3) is 0.467. The number of rotatable bonds is 3. The second-order valence-electron chi connectivity index (χ2n) is 4.64. The molecule has 1 heterocycles. The van der Waals surface area contributed by atoms with Gasteiger partial charge in [-0.3, -0.25) is 4.90 Å². The molecule has 0 saturated carbocycles. The quantitative estimate of drug-likeness (QED) is 0.837. The Labute approximate surface area is 113 Å². The van der Waals surface area contributed by atoms with E-state index in [0.29, 0.717) is 5.56 Å². The summed E-state index contributed by atoms with van der Waals surface area (Å²) in [7, 11) is 1.73. The van der Waals surface area contributed by atoms with Crippen LogP contribution in [0.4, 0.5) is 4.39 Å². The molecule has 1 aromatic carbocycles. The van der Waals surface area contributed by atoms with Gasteiger partial charge in [-0.15, -0.1) is 0 Å². The summed E-state index contributed by atoms with van der Waals surface area (Å²) in [6.07, 6.45) is 1.31. The lowest BCUT2D eigenvalue weighted by atomic mass is 10.1. The molecule has 1 aromatic rings. The Kier molecular flexibility index (Phi) is 4.92. The van der Waals surface area contributed by atoms with Crippen molar-refractivity contribution in [3.05, 3.63) is 35.1 Å². The first-order valence-corrected chi connectivity index (χ1v) is 6.36. The highest BCUT2D eigenvalue weighted by Crippen LogP contribution is 2.18. The van der Waals surface area contributed by atoms with Crippen molar-refractivity contribution >= 4 is 0 Å². The summed E-state index contributed by atoms with van der Waals surface area (Å²) in [6.45, 7) is 2.38. The standard InChI is InChI=1S/C15H18FNO2/c1-19-15-6-7-17(11-15)10-13-4-5-14(16)9-12(13)3-2-8-18/h4-5,9,15,18H,6-8,10-11H2,1H3. The van der Waals surface area contributed by atoms with E-state index in [1.54, 1.807) is 13.2 Å². The highest BCUT2D eigenvalue weighted by atomic mass is 19.1. The zero-order chi connectivity index (χ0) is 13.7. The van der Waals surface area contributed by atoms with Crippen molar-refractivity contribution in [1.82, 2.24) is 4.90 Å². The maximum atomic E-state index is 13.2. The summed E-state index contributed by atoms with van der Waals surface area (Å²) in [6, 6.07) is 4.63. The Morgan fingerprint density at radius 2 is 2.37 bits per heavy atom. The monoisotopic (exact) mass is 263 g/mol. The number of aliphatic hydroxyl groups is 1. The Morgan fingerprint density at radius 3 is 3.05 bits per heavy atom. The molecule has 1 unspecified atom stereocenters. The first-order chi connectivity index (χ1) is 9.22. The van der Waals surface area contributed by atoms with E-state index < -0.39 is 0 Å². The molecule has 102 valence electrons. The lowest BCUT2D eigenvalue weighted by Gasteiger charge is -2.16. The van der Waals surface area contributed by atoms with Gasteiger partial charge < -0.3 is 9.84 Å². The predicted molar refractivity (Wildman–Crippen MR) is 71.1 cm³/mol. The average molecular weight is 263 g/mol. The number of likely N-dealkylation sites (tertiary alicyclic amines) is 1. The van der Waals surface area contributed by atoms with Crippen LogP contribution in [0.3, 0.4) is 0 Å². The number of benzene rings is 1. The molecule has 0 bridgehead atoms. The number of methoxy groups -OCH3 is 1. The molecule has 1 N–H and O–H groups in total. The lowest BCUT2D eigenvalue weighted by Crippen LogP contribution is -2.22. The van der Waals surface area contributed by atoms with Gasteiger partial charge in [-0.2, -0.15) is 0 Å². The van der Waals surface area contributed by atoms with Crippen molar-refractivity contribution in [3.63, 3.8) is 0 Å². The largest absolute Gasteiger partial charge is 0.384 e. The molecule has 0 aromatic heterocycles. The molecule has 0 radical (unpaired) electrons. The lowest BCUT2D eigenvalue weighted by molar-refractivity contribution is 0.107. The van der Waals surface area contributed by atoms with E-state index >= 15 is 0 Å². The van der Waals surface area contributed by atoms with Gasteiger partial charge in [0.25, 0.3) is 0 Å². The van der Waals surface area contributed by atoms with Crippen molar-refractivity contribution in [1.29, 1.82) is 0 Å². The van der Waals surface area contributed by atoms with Crippen LogP contribution in [0.5, 0.6) is 0 Å². The van der Waals surface area contributed by atoms with E-state index in [9.17, 15) is 4.39 Å². The van der Waals surface area contributed by atoms with Crippen LogP contribution in [0.15, 0.2) is 18.2 Å². The smallest absolute Gasteiger partial charge is 0.124 e. The zero-order valence-electron chi connectivity index (χ0n) is 11.0. The predicted octanol–water partition coefficient (Wildman–Crippen LogP) is 1.39. The molecule has 1 atom stereocenters. The summed E-state index contributed by atoms with van der Waals surface area (Å²) < 4.78 is 18.6. The van der Waals surface area contributed by atoms with Crippen LogP contribution in [0.25, 0.3) is 0 Å². The fourth-order valence-electron chi connectivity index (χ4n) is 2.31. The molecule has 3 nitrogen and oxygen atoms in total. The second-order valence-corrected chi connectivity index (χ2v) is 4.64. The van der Waals surface area contributed by atoms with Crippen LogP contribution in [0.2, 0.25) is 0 Å². The summed E-state index contributed by atoms with van der Waals surface area (Å²) in [4.78, 5) is 2.27. The first kappa shape index (κ1) is 14.0. The van der Waals surface area contributed by atoms with E-state index in [1.807, 2.05) is 0 Å². The SMILES string of the molecule is COC1CCN(Cc2ccc(F)cc2C#CCO)C1. The Bertz CT molecular complexity index is 493. The zero-order valence-corrected chi connectivity index (χ0v) is 11.0. The second kappa shape index (κ2) is 6.67. The van der Waals surface area contributed by atoms with Gasteiger partial charge in [0.1, 0.15) is 12.4 Å². The normalized spacial score (nSPS) is 19.2. The van der Waals surface area contributed by atoms with Crippen LogP contribution in [0.1, 0.15) is 17.5 Å². The van der Waals surface area contributed by atoms with Crippen LogP contribution in [-0.4, -0.2) is 42.9 Å². The van der Waals surface area contributed by atoms with Gasteiger partial charge in [-0.25, -0.2) is 4.39 Å². The van der Waals surface area contributed by atoms with Gasteiger partial charge in [0, 0.05) is 32.3 Å². The van der Waals surface area contributed by atoms with Gasteiger partial charge in [0.2, 0.25) is 0 Å². The number of ether oxygens (including phenoxy) is 1. The molecular formula is C15H18FNO2. The molecule has 0 aliphatic carbocycles. The summed E-state index contributed by atoms with van der Waals surface area (Å²) in [5.41, 5.74) is 1.63. The van der Waals surface area contributed by atoms with E-state index in [-0.39, 0.29) is 18.5 Å². The summed E-state index contributed by atoms with van der Waals surface area (Å²) >= 11 is 0. The van der Waals surface area contributed by atoms with Crippen LogP contribution >= 0.6 is 0 Å². The number of aliphatic hydroxyl groups excluding tert-OH is 1. The molecule has 0 spiro atoms. The molecule has 2 rings (SSSR count). The highest BCUT2D eigenvalue weighted by Gasteiger charge is 2.22. The molecule has 4 heteroatoms. The highest BCUT2D eigenvalue weighted by molar-refractivity contribution is 5.41. The topological polar surface area (TPSA) is 32.7 Å². The van der Waals surface area contributed by atoms with Gasteiger partial charge in [0.15, 0.2) is 0 Å². The third-order valence-electron chi connectivity index (χ3n) is 3.33. The minimum absolute atomic E-state index is 0.217. The van der Waals surface area contributed by atoms with Gasteiger partial charge >= 0.3 is 0 Å². The van der Waals surface area contributed by atoms with Gasteiger partial charge in [0.05, 0.1) is 6.10 Å². The summed E-state index contributed by atoms with van der Waals surface area (Å²) in [5.74, 6) is 5.07. The maximum Gasteiger partial charge on any atom is 0.124 e. The average Bonchev–Trinajstić information content (AvgIpc) is 2.86. The third-order valence-corrected chi connectivity index (χ3v) is 3.33. The Hall–Kier alpha value is -1.41. The molecule has 19 heavy (non-hydrogen) atoms. The van der Waals surface area contributed by atoms with E-state index in [4.69, 9.17) is 9.84 Å². The number of nitrogens with zero attached hydrogens (tertiary/aromatic N) is 1. The first-order valence-electron chi connectivity index (χ1n) is 6.36. The van der Waals surface area contributed by atoms with Crippen molar-refractivity contribution in [2.24, 2.45) is 0 Å². The summed E-state index contributed by atoms with van der Waals surface area (Å²) in [5, 5.41) is 8.74. The minimum Gasteiger partial charge on any atom is -0.384 e. The van der Waals surface area contributed by atoms with Crippen LogP contribution < -0.4 is 0 Å². The molecule has 1 aliphatic rings. The van der Waals surface area contributed by atoms with Crippen molar-refractivity contribution in [2.45, 2.75) is 19.1 Å². The van der Waals surface area contributed by atoms with Crippen LogP contribution in [0, 0.1) is 17.7 Å². The molecular weight excluding hydrogens is 245 g/mol. The minimum atomic E-state index is -0.304. The van der Waals surface area contributed by atoms with Crippen molar-refractivity contribution in [2.75, 3.05) is 26.8 Å². The van der Waals surface area contributed by atoms with Gasteiger partial charge in [-0.1, -0.05) is 17.9 Å². The van der Waals surface area contributed by atoms with E-state index in [1.165, 1.54) is 12.1 Å². The Balaban J connectivity index is 2.11. The molecule has 1 aliphatic heterocycles. The number of halogens is 1. The van der Waals surface area contributed by atoms with Crippen LogP contribution in [-0.2, 0) is 11.3 Å². The molecule has 1 saturated heterocycles.